The van der Waals surface area contributed by atoms with Crippen LogP contribution in [0.5, 0.6) is 5.75 Å². The fourth-order valence-electron chi connectivity index (χ4n) is 10.4. The maximum absolute atomic E-state index is 11.7. The van der Waals surface area contributed by atoms with E-state index < -0.39 is 17.9 Å². The second kappa shape index (κ2) is 17.9. The lowest BCUT2D eigenvalue weighted by Gasteiger charge is -2.52. The minimum atomic E-state index is -0.671. The second-order valence-corrected chi connectivity index (χ2v) is 22.9. The van der Waals surface area contributed by atoms with Crippen molar-refractivity contribution < 1.29 is 9.53 Å². The molecule has 2 unspecified atom stereocenters. The highest BCUT2D eigenvalue weighted by atomic mass is 79.9. The summed E-state index contributed by atoms with van der Waals surface area (Å²) in [5.41, 5.74) is 14.1. The Kier molecular flexibility index (Phi) is 13.5. The van der Waals surface area contributed by atoms with Gasteiger partial charge in [0.15, 0.2) is 0 Å². The number of hydrogen-bond acceptors (Lipinski definition) is 4. The highest BCUT2D eigenvalue weighted by Crippen LogP contribution is 2.72. The zero-order valence-corrected chi connectivity index (χ0v) is 40.2. The summed E-state index contributed by atoms with van der Waals surface area (Å²) in [6.07, 6.45) is 16.7. The smallest absolute Gasteiger partial charge is 0.308 e. The molecule has 4 nitrogen and oxygen atoms in total. The molecule has 0 aromatic heterocycles. The van der Waals surface area contributed by atoms with Crippen LogP contribution in [0, 0.1) is 41.5 Å². The van der Waals surface area contributed by atoms with Gasteiger partial charge in [-0.3, -0.25) is 14.6 Å². The Morgan fingerprint density at radius 3 is 1.61 bits per heavy atom. The third-order valence-electron chi connectivity index (χ3n) is 12.5. The molecule has 3 fully saturated rings. The summed E-state index contributed by atoms with van der Waals surface area (Å²) in [5, 5.41) is -0.461. The molecule has 7 rings (SSSR count). The van der Waals surface area contributed by atoms with Gasteiger partial charge in [0.05, 0.1) is 21.4 Å². The van der Waals surface area contributed by atoms with Gasteiger partial charge in [-0.2, -0.15) is 0 Å². The van der Waals surface area contributed by atoms with Gasteiger partial charge in [-0.1, -0.05) is 100 Å². The van der Waals surface area contributed by atoms with Gasteiger partial charge < -0.3 is 4.74 Å². The highest BCUT2D eigenvalue weighted by Gasteiger charge is 2.55. The number of rotatable bonds is 7. The zero-order valence-electron chi connectivity index (χ0n) is 34.6. The Balaban J connectivity index is 1.54. The molecule has 4 aliphatic rings. The van der Waals surface area contributed by atoms with Gasteiger partial charge in [0.1, 0.15) is 20.8 Å². The molecule has 0 saturated heterocycles. The lowest BCUT2D eigenvalue weighted by Crippen LogP contribution is -2.44. The van der Waals surface area contributed by atoms with Crippen molar-refractivity contribution in [3.63, 3.8) is 0 Å². The SMILES string of the molecule is CC(=O)Oc1ccc(C=C2CCC(Cl)(P(C3CCCCC3)C3CCCCC3)C(=C3N(c4c(C)cc(C)cc4C)C(Br)=C(Br)N3c3c(C)cc(C)cc3C)C2Cl)cc1. The monoisotopic (exact) mass is 952 g/mol. The van der Waals surface area contributed by atoms with E-state index in [9.17, 15) is 4.79 Å². The molecular formula is C48H57Br2Cl2N2O2P. The highest BCUT2D eigenvalue weighted by molar-refractivity contribution is 9.14. The van der Waals surface area contributed by atoms with Crippen LogP contribution >= 0.6 is 63.0 Å². The number of allylic oxidation sites excluding steroid dienone is 2. The van der Waals surface area contributed by atoms with Crippen molar-refractivity contribution in [2.24, 2.45) is 0 Å². The predicted molar refractivity (Wildman–Crippen MR) is 252 cm³/mol. The van der Waals surface area contributed by atoms with E-state index in [1.54, 1.807) is 0 Å². The average molecular weight is 956 g/mol. The third kappa shape index (κ3) is 8.61. The van der Waals surface area contributed by atoms with Gasteiger partial charge in [-0.15, -0.1) is 23.2 Å². The standard InChI is InChI=1S/C48H57Br2Cl2N2O2P/c1-29-24-31(3)43(32(4)25-29)53-45(49)46(50)54(44-33(5)26-30(2)27-34(44)6)47(53)41-42(51)37(28-36-18-20-38(21-19-36)56-35(7)55)22-23-48(41,52)57(39-14-10-8-11-15-39)40-16-12-9-13-17-40/h18-21,24-28,39-40,42H,8-17,22-23H2,1-7H3. The van der Waals surface area contributed by atoms with Crippen LogP contribution in [0.4, 0.5) is 11.4 Å². The van der Waals surface area contributed by atoms with Gasteiger partial charge in [-0.05, 0) is 169 Å². The maximum atomic E-state index is 11.7. The van der Waals surface area contributed by atoms with Crippen LogP contribution in [0.2, 0.25) is 0 Å². The maximum Gasteiger partial charge on any atom is 0.308 e. The first-order chi connectivity index (χ1) is 27.2. The Hall–Kier alpha value is -2.08. The third-order valence-corrected chi connectivity index (χ3v) is 19.9. The Labute approximate surface area is 369 Å². The number of halogens is 4. The minimum absolute atomic E-state index is 0.328. The van der Waals surface area contributed by atoms with E-state index in [0.717, 1.165) is 56.0 Å². The van der Waals surface area contributed by atoms with Gasteiger partial charge in [0, 0.05) is 12.5 Å². The lowest BCUT2D eigenvalue weighted by molar-refractivity contribution is -0.131. The number of carbonyl (C=O) groups excluding carboxylic acids is 1. The summed E-state index contributed by atoms with van der Waals surface area (Å²) >= 11 is 25.4. The van der Waals surface area contributed by atoms with E-state index in [-0.39, 0.29) is 5.97 Å². The van der Waals surface area contributed by atoms with Gasteiger partial charge in [0.25, 0.3) is 0 Å². The van der Waals surface area contributed by atoms with Crippen LogP contribution in [0.25, 0.3) is 6.08 Å². The number of anilines is 2. The van der Waals surface area contributed by atoms with E-state index >= 15 is 0 Å². The minimum Gasteiger partial charge on any atom is -0.427 e. The summed E-state index contributed by atoms with van der Waals surface area (Å²) in [4.78, 5) is 16.6. The number of hydrogen-bond donors (Lipinski definition) is 0. The van der Waals surface area contributed by atoms with Crippen LogP contribution in [0.1, 0.15) is 123 Å². The quantitative estimate of drug-likeness (QED) is 0.0777. The van der Waals surface area contributed by atoms with Crippen LogP contribution in [0.15, 0.2) is 74.7 Å². The summed E-state index contributed by atoms with van der Waals surface area (Å²) in [5.74, 6) is 1.25. The molecule has 1 aliphatic heterocycles. The fourth-order valence-corrected chi connectivity index (χ4v) is 17.6. The number of benzene rings is 3. The summed E-state index contributed by atoms with van der Waals surface area (Å²) in [6, 6.07) is 16.9. The second-order valence-electron chi connectivity index (χ2n) is 17.0. The predicted octanol–water partition coefficient (Wildman–Crippen LogP) is 15.5. The first-order valence-electron chi connectivity index (χ1n) is 20.9. The van der Waals surface area contributed by atoms with E-state index in [4.69, 9.17) is 27.9 Å². The topological polar surface area (TPSA) is 32.8 Å². The first-order valence-corrected chi connectivity index (χ1v) is 24.7. The molecule has 3 aromatic rings. The summed E-state index contributed by atoms with van der Waals surface area (Å²) in [7, 11) is -0.671. The Morgan fingerprint density at radius 1 is 0.754 bits per heavy atom. The lowest BCUT2D eigenvalue weighted by atomic mass is 9.86. The number of alkyl halides is 2. The van der Waals surface area contributed by atoms with Crippen LogP contribution in [-0.2, 0) is 4.79 Å². The molecule has 3 aliphatic carbocycles. The zero-order chi connectivity index (χ0) is 40.8. The van der Waals surface area contributed by atoms with E-state index in [1.165, 1.54) is 105 Å². The fraction of sp³-hybridized carbons (Fsp3) is 0.479. The van der Waals surface area contributed by atoms with E-state index in [2.05, 4.69) is 114 Å². The number of nitrogens with zero attached hydrogens (tertiary/aromatic N) is 2. The number of ether oxygens (including phenoxy) is 1. The van der Waals surface area contributed by atoms with Gasteiger partial charge in [-0.25, -0.2) is 0 Å². The van der Waals surface area contributed by atoms with Crippen molar-refractivity contribution >= 4 is 86.4 Å². The average Bonchev–Trinajstić information content (AvgIpc) is 3.38. The number of carbonyl (C=O) groups is 1. The Bertz CT molecular complexity index is 1980. The number of esters is 1. The van der Waals surface area contributed by atoms with Gasteiger partial charge >= 0.3 is 5.97 Å². The van der Waals surface area contributed by atoms with E-state index in [1.807, 2.05) is 24.3 Å². The van der Waals surface area contributed by atoms with Gasteiger partial charge in [0.2, 0.25) is 0 Å². The van der Waals surface area contributed by atoms with Crippen molar-refractivity contribution in [1.29, 1.82) is 0 Å². The first kappa shape index (κ1) is 43.0. The normalized spacial score (nSPS) is 23.4. The van der Waals surface area contributed by atoms with Crippen LogP contribution in [-0.4, -0.2) is 27.3 Å². The molecule has 0 spiro atoms. The summed E-state index contributed by atoms with van der Waals surface area (Å²) in [6.45, 7) is 14.7. The van der Waals surface area contributed by atoms with Crippen molar-refractivity contribution in [3.05, 3.63) is 114 Å². The molecule has 0 amide bonds. The van der Waals surface area contributed by atoms with Crippen LogP contribution < -0.4 is 14.5 Å². The molecule has 0 radical (unpaired) electrons. The Morgan fingerprint density at radius 2 is 1.19 bits per heavy atom. The molecule has 9 heteroatoms. The molecule has 3 aromatic carbocycles. The summed E-state index contributed by atoms with van der Waals surface area (Å²) < 4.78 is 6.64. The molecule has 1 heterocycles. The molecule has 2 atom stereocenters. The van der Waals surface area contributed by atoms with Crippen molar-refractivity contribution in [2.45, 2.75) is 147 Å². The van der Waals surface area contributed by atoms with Crippen molar-refractivity contribution in [2.75, 3.05) is 9.80 Å². The molecule has 3 saturated carbocycles. The largest absolute Gasteiger partial charge is 0.427 e. The molecule has 0 N–H and O–H groups in total. The van der Waals surface area contributed by atoms with Crippen LogP contribution in [0.3, 0.4) is 0 Å². The number of aryl methyl sites for hydroxylation is 6. The molecule has 57 heavy (non-hydrogen) atoms. The molecule has 0 bridgehead atoms. The van der Waals surface area contributed by atoms with Crippen molar-refractivity contribution in [3.8, 4) is 5.75 Å². The van der Waals surface area contributed by atoms with Crippen molar-refractivity contribution in [1.82, 2.24) is 0 Å². The van der Waals surface area contributed by atoms with E-state index in [0.29, 0.717) is 17.1 Å². The molecule has 304 valence electrons. The molecular weight excluding hydrogens is 898 g/mol.